The molecule has 2 unspecified atom stereocenters. The molecule has 2 heterocycles. The van der Waals surface area contributed by atoms with Crippen molar-refractivity contribution in [2.75, 3.05) is 24.5 Å². The Labute approximate surface area is 143 Å². The van der Waals surface area contributed by atoms with Crippen molar-refractivity contribution in [2.24, 2.45) is 5.92 Å². The van der Waals surface area contributed by atoms with Gasteiger partial charge in [-0.3, -0.25) is 9.69 Å². The number of nitrogens with zero attached hydrogens (tertiary/aromatic N) is 2. The van der Waals surface area contributed by atoms with Crippen LogP contribution < -0.4 is 4.90 Å². The summed E-state index contributed by atoms with van der Waals surface area (Å²) in [5.74, 6) is 0.776. The zero-order chi connectivity index (χ0) is 16.4. The van der Waals surface area contributed by atoms with Gasteiger partial charge in [0, 0.05) is 18.8 Å². The summed E-state index contributed by atoms with van der Waals surface area (Å²) >= 11 is 0. The van der Waals surface area contributed by atoms with Gasteiger partial charge in [0.05, 0.1) is 6.04 Å². The van der Waals surface area contributed by atoms with E-state index in [9.17, 15) is 4.79 Å². The maximum absolute atomic E-state index is 12.9. The van der Waals surface area contributed by atoms with Crippen LogP contribution in [0.2, 0.25) is 0 Å². The SMILES string of the molecule is O=C1C(N2CCC(C3=CC=C=CC=C3)C2)CCN1c1ccccc1.[Lr]. The number of hydrogen-bond donors (Lipinski definition) is 0. The minimum Gasteiger partial charge on any atom is -0.311 e. The Morgan fingerprint density at radius 2 is 1.88 bits per heavy atom. The number of benzene rings is 1. The van der Waals surface area contributed by atoms with Gasteiger partial charge < -0.3 is 4.90 Å². The van der Waals surface area contributed by atoms with Gasteiger partial charge in [0.1, 0.15) is 0 Å². The first-order chi connectivity index (χ1) is 11.8. The van der Waals surface area contributed by atoms with Crippen molar-refractivity contribution in [3.8, 4) is 0 Å². The van der Waals surface area contributed by atoms with Crippen LogP contribution in [0.5, 0.6) is 0 Å². The van der Waals surface area contributed by atoms with Crippen LogP contribution in [0.15, 0.2) is 72.0 Å². The van der Waals surface area contributed by atoms with Crippen molar-refractivity contribution >= 4 is 11.6 Å². The molecule has 0 spiro atoms. The summed E-state index contributed by atoms with van der Waals surface area (Å²) in [6.45, 7) is 2.80. The monoisotopic (exact) mass is 580 g/mol. The van der Waals surface area contributed by atoms with E-state index in [4.69, 9.17) is 0 Å². The van der Waals surface area contributed by atoms with Gasteiger partial charge in [0.25, 0.3) is 0 Å². The van der Waals surface area contributed by atoms with Gasteiger partial charge in [0.15, 0.2) is 0 Å². The fraction of sp³-hybridized carbons (Fsp3) is 0.333. The fourth-order valence-electron chi connectivity index (χ4n) is 3.95. The van der Waals surface area contributed by atoms with Crippen LogP contribution >= 0.6 is 0 Å². The Hall–Kier alpha value is -3.35. The average Bonchev–Trinajstić information content (AvgIpc) is 3.14. The Bertz CT molecular complexity index is 746. The van der Waals surface area contributed by atoms with E-state index in [1.807, 2.05) is 47.4 Å². The van der Waals surface area contributed by atoms with Gasteiger partial charge >= 0.3 is 0 Å². The smallest absolute Gasteiger partial charge is 0.244 e. The summed E-state index contributed by atoms with van der Waals surface area (Å²) in [7, 11) is 0. The zero-order valence-corrected chi connectivity index (χ0v) is 16.2. The van der Waals surface area contributed by atoms with Crippen molar-refractivity contribution in [3.63, 3.8) is 0 Å². The summed E-state index contributed by atoms with van der Waals surface area (Å²) in [4.78, 5) is 17.2. The number of anilines is 1. The van der Waals surface area contributed by atoms with Gasteiger partial charge in [0.2, 0.25) is 5.91 Å². The molecule has 4 rings (SSSR count). The summed E-state index contributed by atoms with van der Waals surface area (Å²) < 4.78 is 0. The molecule has 3 nitrogen and oxygen atoms in total. The number of carbonyl (C=O) groups excluding carboxylic acids is 1. The Kier molecular flexibility index (Phi) is 4.65. The number of likely N-dealkylation sites (tertiary alicyclic amines) is 1. The van der Waals surface area contributed by atoms with Crippen LogP contribution in [0.3, 0.4) is 0 Å². The van der Waals surface area contributed by atoms with Gasteiger partial charge in [-0.15, -0.1) is 5.73 Å². The minimum absolute atomic E-state index is 0. The van der Waals surface area contributed by atoms with Crippen LogP contribution in [0.25, 0.3) is 0 Å². The maximum Gasteiger partial charge on any atom is 0.244 e. The van der Waals surface area contributed by atoms with E-state index in [1.165, 1.54) is 5.57 Å². The molecule has 1 radical (unpaired) electrons. The van der Waals surface area contributed by atoms with Gasteiger partial charge in [-0.1, -0.05) is 36.4 Å². The molecule has 1 amide bonds. The molecule has 2 fully saturated rings. The molecule has 2 aliphatic heterocycles. The van der Waals surface area contributed by atoms with Gasteiger partial charge in [-0.05, 0) is 55.2 Å². The van der Waals surface area contributed by atoms with E-state index in [-0.39, 0.29) is 11.9 Å². The second-order valence-corrected chi connectivity index (χ2v) is 6.64. The van der Waals surface area contributed by atoms with E-state index in [2.05, 4.69) is 28.9 Å². The molecule has 0 bridgehead atoms. The van der Waals surface area contributed by atoms with Crippen LogP contribution in [0.4, 0.5) is 5.69 Å². The molecular weight excluding hydrogens is 558 g/mol. The number of carbonyl (C=O) groups is 1. The van der Waals surface area contributed by atoms with Crippen molar-refractivity contribution in [3.05, 3.63) is 72.0 Å². The van der Waals surface area contributed by atoms with E-state index in [0.717, 1.165) is 38.2 Å². The Morgan fingerprint density at radius 1 is 1.04 bits per heavy atom. The van der Waals surface area contributed by atoms with Crippen LogP contribution in [-0.2, 0) is 4.79 Å². The first-order valence-corrected chi connectivity index (χ1v) is 8.73. The summed E-state index contributed by atoms with van der Waals surface area (Å²) in [6.07, 6.45) is 12.4. The molecular formula is C21H22LrN2O. The van der Waals surface area contributed by atoms with Crippen molar-refractivity contribution in [1.82, 2.24) is 4.90 Å². The predicted octanol–water partition coefficient (Wildman–Crippen LogP) is 3.32. The molecule has 1 aromatic carbocycles. The van der Waals surface area contributed by atoms with Crippen LogP contribution in [0, 0.1) is 5.92 Å². The van der Waals surface area contributed by atoms with Crippen LogP contribution in [0.1, 0.15) is 12.8 Å². The third-order valence-electron chi connectivity index (χ3n) is 5.23. The molecule has 1 aliphatic carbocycles. The van der Waals surface area contributed by atoms with E-state index < -0.39 is 0 Å². The average molecular weight is 580 g/mol. The Balaban J connectivity index is 0.00000182. The zero-order valence-electron chi connectivity index (χ0n) is 14.0. The largest absolute Gasteiger partial charge is 0.311 e. The maximum atomic E-state index is 12.9. The number of rotatable bonds is 3. The second kappa shape index (κ2) is 7.04. The van der Waals surface area contributed by atoms with E-state index in [0.29, 0.717) is 5.92 Å². The number of amides is 1. The van der Waals surface area contributed by atoms with E-state index in [1.54, 1.807) is 0 Å². The summed E-state index contributed by atoms with van der Waals surface area (Å²) in [5.41, 5.74) is 5.48. The second-order valence-electron chi connectivity index (χ2n) is 6.64. The molecule has 25 heavy (non-hydrogen) atoms. The van der Waals surface area contributed by atoms with Crippen LogP contribution in [-0.4, -0.2) is 36.5 Å². The number of para-hydroxylation sites is 1. The minimum atomic E-state index is 0. The number of hydrogen-bond acceptors (Lipinski definition) is 2. The topological polar surface area (TPSA) is 23.6 Å². The predicted molar refractivity (Wildman–Crippen MR) is 96.8 cm³/mol. The number of allylic oxidation sites excluding steroid dienone is 4. The van der Waals surface area contributed by atoms with E-state index >= 15 is 0 Å². The quantitative estimate of drug-likeness (QED) is 0.513. The standard InChI is InChI=1S/C21H22N2O.Lr/c24-21-20(13-15-23(21)19-10-6-3-7-11-19)22-14-12-18(16-22)17-8-4-1-2-5-9-17;/h1,3-11,18,20H,12-16H2;. The molecule has 0 aromatic heterocycles. The molecule has 2 atom stereocenters. The molecule has 137 valence electrons. The molecule has 2 saturated heterocycles. The normalized spacial score (nSPS) is 25.8. The molecule has 4 heteroatoms. The fourth-order valence-corrected chi connectivity index (χ4v) is 3.95. The van der Waals surface area contributed by atoms with Crippen molar-refractivity contribution in [2.45, 2.75) is 18.9 Å². The Morgan fingerprint density at radius 3 is 2.72 bits per heavy atom. The van der Waals surface area contributed by atoms with Crippen molar-refractivity contribution < 1.29 is 4.79 Å². The molecule has 0 N–H and O–H groups in total. The van der Waals surface area contributed by atoms with Gasteiger partial charge in [-0.2, -0.15) is 0 Å². The summed E-state index contributed by atoms with van der Waals surface area (Å²) in [6, 6.07) is 10.1. The van der Waals surface area contributed by atoms with Gasteiger partial charge in [-0.25, -0.2) is 0 Å². The first-order valence-electron chi connectivity index (χ1n) is 8.73. The molecule has 1 aromatic rings. The summed E-state index contributed by atoms with van der Waals surface area (Å²) in [5, 5.41) is 0. The molecule has 3 aliphatic rings. The van der Waals surface area contributed by atoms with Crippen molar-refractivity contribution in [1.29, 1.82) is 0 Å². The first kappa shape index (κ1) is 16.5. The third-order valence-corrected chi connectivity index (χ3v) is 5.23. The molecule has 0 saturated carbocycles. The third kappa shape index (κ3) is 3.16.